The molecule has 15 heavy (non-hydrogen) atoms. The number of amidine groups is 1. The molecule has 0 spiro atoms. The molecule has 1 saturated carbocycles. The first-order valence-corrected chi connectivity index (χ1v) is 5.92. The number of nitrogens with two attached hydrogens (primary N) is 1. The SMILES string of the molecule is N=C(N)CC1(CSc2ncccn2)CC1. The van der Waals surface area contributed by atoms with E-state index in [4.69, 9.17) is 11.1 Å². The van der Waals surface area contributed by atoms with Crippen LogP contribution in [-0.4, -0.2) is 21.6 Å². The van der Waals surface area contributed by atoms with Crippen LogP contribution in [0.4, 0.5) is 0 Å². The Morgan fingerprint density at radius 3 is 2.67 bits per heavy atom. The Hall–Kier alpha value is -1.10. The summed E-state index contributed by atoms with van der Waals surface area (Å²) < 4.78 is 0. The number of rotatable bonds is 5. The third kappa shape index (κ3) is 2.92. The molecule has 0 atom stereocenters. The van der Waals surface area contributed by atoms with E-state index in [2.05, 4.69) is 9.97 Å². The van der Waals surface area contributed by atoms with Gasteiger partial charge in [-0.2, -0.15) is 0 Å². The molecule has 4 nitrogen and oxygen atoms in total. The lowest BCUT2D eigenvalue weighted by atomic mass is 10.1. The van der Waals surface area contributed by atoms with E-state index in [0.29, 0.717) is 12.3 Å². The molecule has 3 N–H and O–H groups in total. The molecule has 1 heterocycles. The summed E-state index contributed by atoms with van der Waals surface area (Å²) >= 11 is 1.66. The Morgan fingerprint density at radius 2 is 2.13 bits per heavy atom. The molecule has 1 aromatic heterocycles. The molecule has 80 valence electrons. The average molecular weight is 222 g/mol. The first kappa shape index (κ1) is 10.4. The molecule has 0 aliphatic heterocycles. The van der Waals surface area contributed by atoms with Gasteiger partial charge in [-0.15, -0.1) is 0 Å². The van der Waals surface area contributed by atoms with E-state index in [9.17, 15) is 0 Å². The quantitative estimate of drug-likeness (QED) is 0.344. The molecule has 5 heteroatoms. The van der Waals surface area contributed by atoms with Crippen LogP contribution in [0.5, 0.6) is 0 Å². The second-order valence-electron chi connectivity index (χ2n) is 4.02. The zero-order valence-electron chi connectivity index (χ0n) is 8.44. The van der Waals surface area contributed by atoms with Crippen molar-refractivity contribution in [3.8, 4) is 0 Å². The summed E-state index contributed by atoms with van der Waals surface area (Å²) in [7, 11) is 0. The van der Waals surface area contributed by atoms with Gasteiger partial charge in [-0.1, -0.05) is 11.8 Å². The van der Waals surface area contributed by atoms with Crippen molar-refractivity contribution in [3.05, 3.63) is 18.5 Å². The van der Waals surface area contributed by atoms with Crippen molar-refractivity contribution in [1.82, 2.24) is 9.97 Å². The van der Waals surface area contributed by atoms with Gasteiger partial charge in [0.1, 0.15) is 0 Å². The lowest BCUT2D eigenvalue weighted by Gasteiger charge is -2.12. The minimum absolute atomic E-state index is 0.260. The topological polar surface area (TPSA) is 75.7 Å². The van der Waals surface area contributed by atoms with Crippen molar-refractivity contribution in [3.63, 3.8) is 0 Å². The molecule has 1 aliphatic rings. The molecule has 0 radical (unpaired) electrons. The fraction of sp³-hybridized carbons (Fsp3) is 0.500. The van der Waals surface area contributed by atoms with Gasteiger partial charge in [0.05, 0.1) is 5.84 Å². The van der Waals surface area contributed by atoms with Crippen LogP contribution in [0.1, 0.15) is 19.3 Å². The number of thioether (sulfide) groups is 1. The summed E-state index contributed by atoms with van der Waals surface area (Å²) in [6, 6.07) is 1.81. The molecular weight excluding hydrogens is 208 g/mol. The van der Waals surface area contributed by atoms with Gasteiger partial charge < -0.3 is 5.73 Å². The van der Waals surface area contributed by atoms with Crippen LogP contribution in [0.2, 0.25) is 0 Å². The summed E-state index contributed by atoms with van der Waals surface area (Å²) in [4.78, 5) is 8.31. The zero-order chi connectivity index (χ0) is 10.7. The predicted molar refractivity (Wildman–Crippen MR) is 61.0 cm³/mol. The van der Waals surface area contributed by atoms with Crippen molar-refractivity contribution in [2.45, 2.75) is 24.4 Å². The fourth-order valence-corrected chi connectivity index (χ4v) is 2.63. The molecule has 1 fully saturated rings. The van der Waals surface area contributed by atoms with Crippen molar-refractivity contribution >= 4 is 17.6 Å². The fourth-order valence-electron chi connectivity index (χ4n) is 1.53. The molecule has 1 aliphatic carbocycles. The first-order valence-electron chi connectivity index (χ1n) is 4.93. The third-order valence-electron chi connectivity index (χ3n) is 2.57. The van der Waals surface area contributed by atoms with Gasteiger partial charge >= 0.3 is 0 Å². The molecule has 0 unspecified atom stereocenters. The number of hydrogen-bond acceptors (Lipinski definition) is 4. The summed E-state index contributed by atoms with van der Waals surface area (Å²) in [5.41, 5.74) is 5.69. The summed E-state index contributed by atoms with van der Waals surface area (Å²) in [5, 5.41) is 8.12. The predicted octanol–water partition coefficient (Wildman–Crippen LogP) is 1.67. The van der Waals surface area contributed by atoms with Crippen LogP contribution < -0.4 is 5.73 Å². The smallest absolute Gasteiger partial charge is 0.187 e. The second kappa shape index (κ2) is 4.18. The Morgan fingerprint density at radius 1 is 1.47 bits per heavy atom. The number of nitrogens with zero attached hydrogens (tertiary/aromatic N) is 2. The van der Waals surface area contributed by atoms with Gasteiger partial charge in [0.15, 0.2) is 5.16 Å². The van der Waals surface area contributed by atoms with Crippen LogP contribution in [0, 0.1) is 10.8 Å². The van der Waals surface area contributed by atoms with E-state index in [1.807, 2.05) is 6.07 Å². The van der Waals surface area contributed by atoms with Gasteiger partial charge in [0, 0.05) is 24.6 Å². The van der Waals surface area contributed by atoms with Crippen molar-refractivity contribution in [2.75, 3.05) is 5.75 Å². The zero-order valence-corrected chi connectivity index (χ0v) is 9.26. The summed E-state index contributed by atoms with van der Waals surface area (Å²) in [5.74, 6) is 1.26. The van der Waals surface area contributed by atoms with Crippen molar-refractivity contribution < 1.29 is 0 Å². The van der Waals surface area contributed by atoms with Gasteiger partial charge in [0.25, 0.3) is 0 Å². The first-order chi connectivity index (χ1) is 7.20. The second-order valence-corrected chi connectivity index (χ2v) is 4.96. The van der Waals surface area contributed by atoms with E-state index >= 15 is 0 Å². The molecule has 0 amide bonds. The minimum Gasteiger partial charge on any atom is -0.388 e. The summed E-state index contributed by atoms with van der Waals surface area (Å²) in [6.45, 7) is 0. The van der Waals surface area contributed by atoms with Gasteiger partial charge in [-0.3, -0.25) is 5.41 Å². The third-order valence-corrected chi connectivity index (χ3v) is 3.80. The van der Waals surface area contributed by atoms with E-state index in [1.54, 1.807) is 24.2 Å². The van der Waals surface area contributed by atoms with Crippen LogP contribution in [0.15, 0.2) is 23.6 Å². The molecule has 0 aromatic carbocycles. The van der Waals surface area contributed by atoms with E-state index in [1.165, 1.54) is 12.8 Å². The molecule has 1 aromatic rings. The van der Waals surface area contributed by atoms with Crippen molar-refractivity contribution in [1.29, 1.82) is 5.41 Å². The van der Waals surface area contributed by atoms with Crippen LogP contribution in [-0.2, 0) is 0 Å². The Balaban J connectivity index is 1.86. The maximum Gasteiger partial charge on any atom is 0.187 e. The van der Waals surface area contributed by atoms with Crippen molar-refractivity contribution in [2.24, 2.45) is 11.1 Å². The number of nitrogens with one attached hydrogen (secondary N) is 1. The van der Waals surface area contributed by atoms with Crippen LogP contribution in [0.25, 0.3) is 0 Å². The highest BCUT2D eigenvalue weighted by Crippen LogP contribution is 2.51. The van der Waals surface area contributed by atoms with Gasteiger partial charge in [0.2, 0.25) is 0 Å². The van der Waals surface area contributed by atoms with E-state index in [0.717, 1.165) is 10.9 Å². The molecule has 0 bridgehead atoms. The molecule has 2 rings (SSSR count). The monoisotopic (exact) mass is 222 g/mol. The lowest BCUT2D eigenvalue weighted by molar-refractivity contribution is 0.611. The Kier molecular flexibility index (Phi) is 2.90. The highest BCUT2D eigenvalue weighted by atomic mass is 32.2. The highest BCUT2D eigenvalue weighted by molar-refractivity contribution is 7.99. The minimum atomic E-state index is 0.260. The maximum absolute atomic E-state index is 7.31. The number of aromatic nitrogens is 2. The van der Waals surface area contributed by atoms with E-state index in [-0.39, 0.29) is 5.41 Å². The molecular formula is C10H14N4S. The molecule has 0 saturated heterocycles. The van der Waals surface area contributed by atoms with Gasteiger partial charge in [-0.25, -0.2) is 9.97 Å². The van der Waals surface area contributed by atoms with E-state index < -0.39 is 0 Å². The lowest BCUT2D eigenvalue weighted by Crippen LogP contribution is -2.18. The Bertz CT molecular complexity index is 348. The van der Waals surface area contributed by atoms with Gasteiger partial charge in [-0.05, 0) is 24.3 Å². The highest BCUT2D eigenvalue weighted by Gasteiger charge is 2.42. The largest absolute Gasteiger partial charge is 0.388 e. The maximum atomic E-state index is 7.31. The van der Waals surface area contributed by atoms with Crippen LogP contribution >= 0.6 is 11.8 Å². The normalized spacial score (nSPS) is 17.3. The number of hydrogen-bond donors (Lipinski definition) is 2. The Labute approximate surface area is 93.2 Å². The van der Waals surface area contributed by atoms with Crippen LogP contribution in [0.3, 0.4) is 0 Å². The summed E-state index contributed by atoms with van der Waals surface area (Å²) in [6.07, 6.45) is 6.56. The standard InChI is InChI=1S/C10H14N4S/c11-8(12)6-10(2-3-10)7-15-9-13-4-1-5-14-9/h1,4-5H,2-3,6-7H2,(H3,11,12). The average Bonchev–Trinajstić information content (AvgIpc) is 2.96.